The third kappa shape index (κ3) is 1.15. The van der Waals surface area contributed by atoms with Gasteiger partial charge in [0.2, 0.25) is 0 Å². The highest BCUT2D eigenvalue weighted by Gasteiger charge is 2.64. The molecule has 2 atom stereocenters. The Kier molecular flexibility index (Phi) is 2.01. The van der Waals surface area contributed by atoms with Crippen LogP contribution in [-0.4, -0.2) is 25.6 Å². The topological polar surface area (TPSA) is 58.3 Å². The van der Waals surface area contributed by atoms with E-state index in [2.05, 4.69) is 5.10 Å². The van der Waals surface area contributed by atoms with Crippen molar-refractivity contribution in [3.63, 3.8) is 0 Å². The van der Waals surface area contributed by atoms with Crippen molar-refractivity contribution in [3.8, 4) is 0 Å². The van der Waals surface area contributed by atoms with E-state index in [1.54, 1.807) is 6.07 Å². The first-order valence-electron chi connectivity index (χ1n) is 6.24. The minimum absolute atomic E-state index is 0.323. The average molecular weight is 283 g/mol. The first kappa shape index (κ1) is 11.6. The van der Waals surface area contributed by atoms with E-state index >= 15 is 4.39 Å². The highest BCUT2D eigenvalue weighted by atomic mass is 35.5. The van der Waals surface area contributed by atoms with Gasteiger partial charge in [-0.15, -0.1) is 0 Å². The third-order valence-corrected chi connectivity index (χ3v) is 4.67. The van der Waals surface area contributed by atoms with Crippen LogP contribution < -0.4 is 0 Å². The van der Waals surface area contributed by atoms with E-state index in [4.69, 9.17) is 11.6 Å². The zero-order valence-corrected chi connectivity index (χ0v) is 10.7. The van der Waals surface area contributed by atoms with Crippen molar-refractivity contribution in [2.75, 3.05) is 0 Å². The van der Waals surface area contributed by atoms with Gasteiger partial charge >= 0.3 is 0 Å². The number of rotatable bonds is 1. The van der Waals surface area contributed by atoms with Crippen LogP contribution in [0.15, 0.2) is 18.3 Å². The smallest absolute Gasteiger partial charge is 0.260 e. The SMILES string of the molecule is OC1c2cc(Cl)cc3cnn(c23)C1(F)C1(O)CCC1. The first-order chi connectivity index (χ1) is 8.97. The number of benzene rings is 1. The summed E-state index contributed by atoms with van der Waals surface area (Å²) in [5, 5.41) is 25.9. The van der Waals surface area contributed by atoms with Crippen molar-refractivity contribution in [1.82, 2.24) is 9.78 Å². The monoisotopic (exact) mass is 282 g/mol. The van der Waals surface area contributed by atoms with Gasteiger partial charge < -0.3 is 10.2 Å². The maximum absolute atomic E-state index is 15.4. The molecule has 6 heteroatoms. The van der Waals surface area contributed by atoms with Gasteiger partial charge in [-0.25, -0.2) is 9.07 Å². The molecular weight excluding hydrogens is 271 g/mol. The molecule has 1 aliphatic heterocycles. The number of aliphatic hydroxyl groups is 2. The molecule has 2 unspecified atom stereocenters. The Morgan fingerprint density at radius 2 is 2.16 bits per heavy atom. The minimum Gasteiger partial charge on any atom is -0.384 e. The zero-order valence-electron chi connectivity index (χ0n) is 9.98. The number of hydrogen-bond donors (Lipinski definition) is 2. The molecule has 1 fully saturated rings. The van der Waals surface area contributed by atoms with Gasteiger partial charge in [-0.3, -0.25) is 0 Å². The largest absolute Gasteiger partial charge is 0.384 e. The molecule has 0 bridgehead atoms. The maximum Gasteiger partial charge on any atom is 0.260 e. The van der Waals surface area contributed by atoms with Crippen LogP contribution in [0.5, 0.6) is 0 Å². The second kappa shape index (κ2) is 3.29. The summed E-state index contributed by atoms with van der Waals surface area (Å²) in [6.45, 7) is 0. The van der Waals surface area contributed by atoms with Gasteiger partial charge in [0.05, 0.1) is 11.7 Å². The summed E-state index contributed by atoms with van der Waals surface area (Å²) < 4.78 is 16.5. The molecule has 2 aromatic rings. The summed E-state index contributed by atoms with van der Waals surface area (Å²) in [7, 11) is 0. The van der Waals surface area contributed by atoms with Gasteiger partial charge in [-0.2, -0.15) is 5.10 Å². The van der Waals surface area contributed by atoms with E-state index in [9.17, 15) is 10.2 Å². The molecule has 4 rings (SSSR count). The Labute approximate surface area is 113 Å². The predicted octanol–water partition coefficient (Wildman–Crippen LogP) is 2.27. The van der Waals surface area contributed by atoms with Crippen LogP contribution in [0.3, 0.4) is 0 Å². The molecule has 0 spiro atoms. The maximum atomic E-state index is 15.4. The summed E-state index contributed by atoms with van der Waals surface area (Å²) in [5.74, 6) is -2.31. The van der Waals surface area contributed by atoms with E-state index in [-0.39, 0.29) is 0 Å². The third-order valence-electron chi connectivity index (χ3n) is 4.46. The molecule has 19 heavy (non-hydrogen) atoms. The lowest BCUT2D eigenvalue weighted by molar-refractivity contribution is -0.237. The van der Waals surface area contributed by atoms with E-state index in [1.807, 2.05) is 0 Å². The molecule has 2 N–H and O–H groups in total. The van der Waals surface area contributed by atoms with E-state index in [0.29, 0.717) is 34.3 Å². The Morgan fingerprint density at radius 1 is 1.42 bits per heavy atom. The second-order valence-electron chi connectivity index (χ2n) is 5.45. The van der Waals surface area contributed by atoms with Crippen molar-refractivity contribution in [2.45, 2.75) is 36.8 Å². The van der Waals surface area contributed by atoms with Gasteiger partial charge in [0.25, 0.3) is 5.79 Å². The van der Waals surface area contributed by atoms with Crippen LogP contribution in [0.4, 0.5) is 4.39 Å². The lowest BCUT2D eigenvalue weighted by Gasteiger charge is -2.47. The highest BCUT2D eigenvalue weighted by molar-refractivity contribution is 6.31. The van der Waals surface area contributed by atoms with Gasteiger partial charge in [-0.05, 0) is 31.4 Å². The Hall–Kier alpha value is -1.17. The van der Waals surface area contributed by atoms with Crippen LogP contribution in [0, 0.1) is 0 Å². The van der Waals surface area contributed by atoms with Gasteiger partial charge in [0.1, 0.15) is 11.7 Å². The van der Waals surface area contributed by atoms with Crippen LogP contribution in [-0.2, 0) is 5.79 Å². The van der Waals surface area contributed by atoms with Gasteiger partial charge in [-0.1, -0.05) is 11.6 Å². The van der Waals surface area contributed by atoms with Crippen molar-refractivity contribution in [1.29, 1.82) is 0 Å². The number of nitrogens with zero attached hydrogens (tertiary/aromatic N) is 2. The summed E-state index contributed by atoms with van der Waals surface area (Å²) >= 11 is 5.97. The van der Waals surface area contributed by atoms with E-state index in [1.165, 1.54) is 12.3 Å². The van der Waals surface area contributed by atoms with Crippen LogP contribution in [0.2, 0.25) is 5.02 Å². The quantitative estimate of drug-likeness (QED) is 0.844. The summed E-state index contributed by atoms with van der Waals surface area (Å²) in [6.07, 6.45) is 1.46. The van der Waals surface area contributed by atoms with E-state index < -0.39 is 17.5 Å². The molecule has 1 aromatic heterocycles. The number of aromatic nitrogens is 2. The number of halogens is 2. The van der Waals surface area contributed by atoms with Crippen molar-refractivity contribution >= 4 is 22.5 Å². The predicted molar refractivity (Wildman–Crippen MR) is 67.6 cm³/mol. The van der Waals surface area contributed by atoms with Crippen molar-refractivity contribution < 1.29 is 14.6 Å². The zero-order chi connectivity index (χ0) is 13.4. The van der Waals surface area contributed by atoms with Crippen LogP contribution >= 0.6 is 11.6 Å². The summed E-state index contributed by atoms with van der Waals surface area (Å²) in [5.41, 5.74) is -0.654. The molecule has 2 heterocycles. The first-order valence-corrected chi connectivity index (χ1v) is 6.62. The molecule has 2 aliphatic rings. The Bertz CT molecular complexity index is 697. The second-order valence-corrected chi connectivity index (χ2v) is 5.89. The molecule has 0 radical (unpaired) electrons. The number of alkyl halides is 1. The lowest BCUT2D eigenvalue weighted by atomic mass is 9.71. The fourth-order valence-electron chi connectivity index (χ4n) is 3.25. The fourth-order valence-corrected chi connectivity index (χ4v) is 3.49. The number of aliphatic hydroxyl groups excluding tert-OH is 1. The van der Waals surface area contributed by atoms with Gasteiger partial charge in [0.15, 0.2) is 0 Å². The summed E-state index contributed by atoms with van der Waals surface area (Å²) in [4.78, 5) is 0. The fraction of sp³-hybridized carbons (Fsp3) is 0.462. The van der Waals surface area contributed by atoms with Crippen molar-refractivity contribution in [2.24, 2.45) is 0 Å². The molecule has 1 saturated carbocycles. The molecule has 0 saturated heterocycles. The van der Waals surface area contributed by atoms with Gasteiger partial charge in [0, 0.05) is 16.0 Å². The van der Waals surface area contributed by atoms with Crippen molar-refractivity contribution in [3.05, 3.63) is 28.9 Å². The molecule has 100 valence electrons. The molecule has 0 amide bonds. The molecule has 1 aliphatic carbocycles. The van der Waals surface area contributed by atoms with Crippen LogP contribution in [0.25, 0.3) is 10.9 Å². The molecule has 1 aromatic carbocycles. The molecule has 4 nitrogen and oxygen atoms in total. The molecular formula is C13H12ClFN2O2. The van der Waals surface area contributed by atoms with Crippen LogP contribution in [0.1, 0.15) is 30.9 Å². The Balaban J connectivity index is 2.03. The number of hydrogen-bond acceptors (Lipinski definition) is 3. The normalized spacial score (nSPS) is 31.7. The standard InChI is InChI=1S/C13H12ClFN2O2/c14-8-4-7-6-16-17-10(7)9(5-8)11(18)13(17,15)12(19)2-1-3-12/h4-6,11,18-19H,1-3H2. The minimum atomic E-state index is -2.31. The average Bonchev–Trinajstić information content (AvgIpc) is 2.84. The summed E-state index contributed by atoms with van der Waals surface area (Å²) in [6, 6.07) is 3.21. The highest BCUT2D eigenvalue weighted by Crippen LogP contribution is 2.57. The van der Waals surface area contributed by atoms with E-state index in [0.717, 1.165) is 11.1 Å². The Morgan fingerprint density at radius 3 is 2.79 bits per heavy atom. The lowest BCUT2D eigenvalue weighted by Crippen LogP contribution is -2.58.